The van der Waals surface area contributed by atoms with Gasteiger partial charge in [0.1, 0.15) is 11.5 Å². The molecule has 1 fully saturated rings. The van der Waals surface area contributed by atoms with E-state index in [1.54, 1.807) is 4.68 Å². The van der Waals surface area contributed by atoms with Crippen molar-refractivity contribution in [2.75, 3.05) is 11.6 Å². The van der Waals surface area contributed by atoms with Crippen molar-refractivity contribution in [1.82, 2.24) is 9.66 Å². The highest BCUT2D eigenvalue weighted by atomic mass is 15.4. The molecule has 94 valence electrons. The van der Waals surface area contributed by atoms with Crippen LogP contribution in [0.4, 0.5) is 5.82 Å². The maximum absolute atomic E-state index is 6.10. The van der Waals surface area contributed by atoms with Crippen molar-refractivity contribution in [3.8, 4) is 11.3 Å². The Bertz CT molecular complexity index is 581. The molecule has 0 aliphatic heterocycles. The SMILES string of the molecule is CCc1ccccc1-c1nc(C2CC2)n(N)c1N. The molecule has 1 aromatic heterocycles. The highest BCUT2D eigenvalue weighted by Gasteiger charge is 2.30. The van der Waals surface area contributed by atoms with Gasteiger partial charge in [-0.2, -0.15) is 0 Å². The van der Waals surface area contributed by atoms with Crippen LogP contribution in [0.15, 0.2) is 24.3 Å². The zero-order valence-electron chi connectivity index (χ0n) is 10.6. The van der Waals surface area contributed by atoms with Crippen LogP contribution in [0.25, 0.3) is 11.3 Å². The van der Waals surface area contributed by atoms with Crippen LogP contribution < -0.4 is 11.6 Å². The molecular weight excluding hydrogens is 224 g/mol. The van der Waals surface area contributed by atoms with Crippen molar-refractivity contribution in [1.29, 1.82) is 0 Å². The zero-order valence-corrected chi connectivity index (χ0v) is 10.6. The first kappa shape index (κ1) is 11.1. The topological polar surface area (TPSA) is 69.9 Å². The average Bonchev–Trinajstić information content (AvgIpc) is 3.19. The Labute approximate surface area is 107 Å². The van der Waals surface area contributed by atoms with E-state index in [1.807, 2.05) is 12.1 Å². The molecule has 0 spiro atoms. The Morgan fingerprint density at radius 3 is 2.72 bits per heavy atom. The minimum absolute atomic E-state index is 0.500. The quantitative estimate of drug-likeness (QED) is 0.811. The molecule has 1 aromatic carbocycles. The molecule has 2 aromatic rings. The van der Waals surface area contributed by atoms with E-state index in [2.05, 4.69) is 24.0 Å². The largest absolute Gasteiger partial charge is 0.382 e. The lowest BCUT2D eigenvalue weighted by Gasteiger charge is -2.05. The standard InChI is InChI=1S/C14H18N4/c1-2-9-5-3-4-6-11(9)12-13(15)18(16)14(17-12)10-7-8-10/h3-6,10H,2,7-8,15-16H2,1H3. The Kier molecular flexibility index (Phi) is 2.51. The number of rotatable bonds is 3. The van der Waals surface area contributed by atoms with E-state index in [4.69, 9.17) is 11.6 Å². The van der Waals surface area contributed by atoms with Gasteiger partial charge in [-0.15, -0.1) is 0 Å². The second kappa shape index (κ2) is 4.05. The van der Waals surface area contributed by atoms with Gasteiger partial charge in [0.15, 0.2) is 5.82 Å². The highest BCUT2D eigenvalue weighted by Crippen LogP contribution is 2.41. The van der Waals surface area contributed by atoms with Crippen molar-refractivity contribution >= 4 is 5.82 Å². The summed E-state index contributed by atoms with van der Waals surface area (Å²) < 4.78 is 1.56. The van der Waals surface area contributed by atoms with Crippen LogP contribution in [0.1, 0.15) is 37.1 Å². The molecule has 0 radical (unpaired) electrons. The molecule has 1 heterocycles. The smallest absolute Gasteiger partial charge is 0.150 e. The highest BCUT2D eigenvalue weighted by molar-refractivity contribution is 5.74. The Morgan fingerprint density at radius 2 is 2.06 bits per heavy atom. The van der Waals surface area contributed by atoms with Gasteiger partial charge in [-0.05, 0) is 24.8 Å². The van der Waals surface area contributed by atoms with Gasteiger partial charge >= 0.3 is 0 Å². The molecule has 0 unspecified atom stereocenters. The first-order valence-corrected chi connectivity index (χ1v) is 6.43. The van der Waals surface area contributed by atoms with Crippen LogP contribution in [-0.2, 0) is 6.42 Å². The number of nitrogens with zero attached hydrogens (tertiary/aromatic N) is 2. The maximum atomic E-state index is 6.10. The molecule has 4 nitrogen and oxygen atoms in total. The van der Waals surface area contributed by atoms with Crippen LogP contribution in [0.2, 0.25) is 0 Å². The number of nitrogens with two attached hydrogens (primary N) is 2. The van der Waals surface area contributed by atoms with Gasteiger partial charge in [0.2, 0.25) is 0 Å². The first-order valence-electron chi connectivity index (χ1n) is 6.43. The zero-order chi connectivity index (χ0) is 12.7. The van der Waals surface area contributed by atoms with E-state index < -0.39 is 0 Å². The summed E-state index contributed by atoms with van der Waals surface area (Å²) >= 11 is 0. The predicted octanol–water partition coefficient (Wildman–Crippen LogP) is 2.29. The van der Waals surface area contributed by atoms with E-state index in [0.717, 1.165) is 23.5 Å². The first-order chi connectivity index (χ1) is 8.72. The van der Waals surface area contributed by atoms with Crippen molar-refractivity contribution in [2.24, 2.45) is 0 Å². The molecule has 18 heavy (non-hydrogen) atoms. The minimum Gasteiger partial charge on any atom is -0.382 e. The van der Waals surface area contributed by atoms with E-state index in [-0.39, 0.29) is 0 Å². The molecular formula is C14H18N4. The van der Waals surface area contributed by atoms with Gasteiger partial charge in [0.25, 0.3) is 0 Å². The fourth-order valence-electron chi connectivity index (χ4n) is 2.35. The molecule has 4 N–H and O–H groups in total. The van der Waals surface area contributed by atoms with Gasteiger partial charge < -0.3 is 11.6 Å². The molecule has 1 saturated carbocycles. The van der Waals surface area contributed by atoms with Crippen molar-refractivity contribution < 1.29 is 0 Å². The van der Waals surface area contributed by atoms with Crippen molar-refractivity contribution in [3.05, 3.63) is 35.7 Å². The number of nitrogen functional groups attached to an aromatic ring is 2. The number of benzene rings is 1. The number of anilines is 1. The summed E-state index contributed by atoms with van der Waals surface area (Å²) in [6.45, 7) is 2.14. The van der Waals surface area contributed by atoms with E-state index in [9.17, 15) is 0 Å². The normalized spacial score (nSPS) is 14.9. The van der Waals surface area contributed by atoms with E-state index >= 15 is 0 Å². The van der Waals surface area contributed by atoms with Gasteiger partial charge in [0, 0.05) is 11.5 Å². The lowest BCUT2D eigenvalue weighted by atomic mass is 10.0. The lowest BCUT2D eigenvalue weighted by molar-refractivity contribution is 0.855. The van der Waals surface area contributed by atoms with E-state index in [1.165, 1.54) is 18.4 Å². The van der Waals surface area contributed by atoms with E-state index in [0.29, 0.717) is 11.7 Å². The Balaban J connectivity index is 2.13. The monoisotopic (exact) mass is 242 g/mol. The molecule has 0 saturated heterocycles. The van der Waals surface area contributed by atoms with Gasteiger partial charge in [-0.1, -0.05) is 31.2 Å². The summed E-state index contributed by atoms with van der Waals surface area (Å²) in [5, 5.41) is 0. The minimum atomic E-state index is 0.500. The van der Waals surface area contributed by atoms with Crippen LogP contribution in [-0.4, -0.2) is 9.66 Å². The number of aryl methyl sites for hydroxylation is 1. The molecule has 1 aliphatic carbocycles. The molecule has 1 aliphatic rings. The summed E-state index contributed by atoms with van der Waals surface area (Å²) in [4.78, 5) is 4.66. The third-order valence-electron chi connectivity index (χ3n) is 3.57. The molecule has 0 amide bonds. The third kappa shape index (κ3) is 1.65. The lowest BCUT2D eigenvalue weighted by Crippen LogP contribution is -2.14. The average molecular weight is 242 g/mol. The Hall–Kier alpha value is -1.97. The Morgan fingerprint density at radius 1 is 1.33 bits per heavy atom. The summed E-state index contributed by atoms with van der Waals surface area (Å²) in [6.07, 6.45) is 3.30. The van der Waals surface area contributed by atoms with Crippen LogP contribution in [0.5, 0.6) is 0 Å². The number of aromatic nitrogens is 2. The summed E-state index contributed by atoms with van der Waals surface area (Å²) in [5.74, 6) is 7.99. The number of hydrogen-bond acceptors (Lipinski definition) is 3. The third-order valence-corrected chi connectivity index (χ3v) is 3.57. The van der Waals surface area contributed by atoms with Crippen molar-refractivity contribution in [2.45, 2.75) is 32.1 Å². The molecule has 4 heteroatoms. The number of hydrogen-bond donors (Lipinski definition) is 2. The van der Waals surface area contributed by atoms with Crippen LogP contribution in [0, 0.1) is 0 Å². The summed E-state index contributed by atoms with van der Waals surface area (Å²) in [6, 6.07) is 8.23. The number of imidazole rings is 1. The van der Waals surface area contributed by atoms with Gasteiger partial charge in [0.05, 0.1) is 0 Å². The molecule has 3 rings (SSSR count). The van der Waals surface area contributed by atoms with Crippen LogP contribution >= 0.6 is 0 Å². The van der Waals surface area contributed by atoms with Gasteiger partial charge in [-0.25, -0.2) is 9.66 Å². The van der Waals surface area contributed by atoms with Crippen LogP contribution in [0.3, 0.4) is 0 Å². The van der Waals surface area contributed by atoms with Gasteiger partial charge in [-0.3, -0.25) is 0 Å². The predicted molar refractivity (Wildman–Crippen MR) is 73.6 cm³/mol. The second-order valence-corrected chi connectivity index (χ2v) is 4.86. The second-order valence-electron chi connectivity index (χ2n) is 4.86. The van der Waals surface area contributed by atoms with Crippen molar-refractivity contribution in [3.63, 3.8) is 0 Å². The maximum Gasteiger partial charge on any atom is 0.150 e. The summed E-state index contributed by atoms with van der Waals surface area (Å²) in [5.41, 5.74) is 9.29. The molecule has 0 bridgehead atoms. The summed E-state index contributed by atoms with van der Waals surface area (Å²) in [7, 11) is 0. The fourth-order valence-corrected chi connectivity index (χ4v) is 2.35. The fraction of sp³-hybridized carbons (Fsp3) is 0.357. The molecule has 0 atom stereocenters.